The molecule has 398 valence electrons. The summed E-state index contributed by atoms with van der Waals surface area (Å²) in [5.41, 5.74) is 2.15. The zero-order valence-electron chi connectivity index (χ0n) is 39.2. The highest BCUT2D eigenvalue weighted by molar-refractivity contribution is 8.13. The lowest BCUT2D eigenvalue weighted by Crippen LogP contribution is -2.30. The summed E-state index contributed by atoms with van der Waals surface area (Å²) in [6.45, 7) is 4.36. The first kappa shape index (κ1) is 58.2. The number of hydrogen-bond donors (Lipinski definition) is 0. The molecule has 0 unspecified atom stereocenters. The van der Waals surface area contributed by atoms with Crippen molar-refractivity contribution in [1.82, 2.24) is 0 Å². The van der Waals surface area contributed by atoms with Gasteiger partial charge in [0.25, 0.3) is 9.05 Å². The largest absolute Gasteiger partial charge is 0.416 e. The molecule has 22 heteroatoms. The Labute approximate surface area is 434 Å². The highest BCUT2D eigenvalue weighted by Gasteiger charge is 2.37. The molecule has 8 aromatic rings. The molecule has 0 bridgehead atoms. The molecule has 9 rings (SSSR count). The average Bonchev–Trinajstić information content (AvgIpc) is 3.37. The van der Waals surface area contributed by atoms with Crippen molar-refractivity contribution in [2.75, 3.05) is 4.90 Å². The summed E-state index contributed by atoms with van der Waals surface area (Å²) in [6, 6.07) is 44.3. The first-order valence-corrected chi connectivity index (χ1v) is 27.1. The third-order valence-electron chi connectivity index (χ3n) is 11.3. The second kappa shape index (κ2) is 22.6. The number of alkyl halides is 9. The lowest BCUT2D eigenvalue weighted by atomic mass is 9.73. The van der Waals surface area contributed by atoms with Crippen LogP contribution >= 0.6 is 10.7 Å². The Bertz CT molecular complexity index is 3570. The third-order valence-corrected chi connectivity index (χ3v) is 16.3. The molecule has 8 aromatic carbocycles. The highest BCUT2D eigenvalue weighted by atomic mass is 35.7. The second-order valence-corrected chi connectivity index (χ2v) is 23.2. The van der Waals surface area contributed by atoms with Gasteiger partial charge < -0.3 is 4.90 Å². The number of sulfone groups is 2. The molecule has 0 fully saturated rings. The van der Waals surface area contributed by atoms with E-state index in [0.717, 1.165) is 101 Å². The van der Waals surface area contributed by atoms with Crippen molar-refractivity contribution in [3.05, 3.63) is 240 Å². The number of fused-ring (bicyclic) bond motifs is 2. The van der Waals surface area contributed by atoms with Crippen LogP contribution in [0.3, 0.4) is 0 Å². The molecule has 0 spiro atoms. The fourth-order valence-corrected chi connectivity index (χ4v) is 10.8. The van der Waals surface area contributed by atoms with Crippen LogP contribution < -0.4 is 4.90 Å². The van der Waals surface area contributed by atoms with Gasteiger partial charge in [0.05, 0.1) is 52.5 Å². The Hall–Kier alpha value is -7.07. The molecule has 1 heterocycles. The van der Waals surface area contributed by atoms with E-state index >= 15 is 0 Å². The molecular weight excluding hydrogens is 1100 g/mol. The molecule has 1 aliphatic rings. The normalized spacial score (nSPS) is 13.3. The summed E-state index contributed by atoms with van der Waals surface area (Å²) in [4.78, 5) is 1.11. The van der Waals surface area contributed by atoms with Crippen LogP contribution in [-0.4, -0.2) is 25.3 Å². The molecule has 0 amide bonds. The zero-order chi connectivity index (χ0) is 56.1. The lowest BCUT2D eigenvalue weighted by Gasteiger charge is -2.42. The monoisotopic (exact) mass is 1140 g/mol. The van der Waals surface area contributed by atoms with Crippen molar-refractivity contribution >= 4 is 56.5 Å². The lowest BCUT2D eigenvalue weighted by molar-refractivity contribution is -0.138. The average molecular weight is 1140 g/mol. The number of rotatable bonds is 6. The van der Waals surface area contributed by atoms with E-state index in [2.05, 4.69) is 30.9 Å². The highest BCUT2D eigenvalue weighted by Crippen LogP contribution is 2.51. The Morgan fingerprint density at radius 3 is 0.947 bits per heavy atom. The van der Waals surface area contributed by atoms with E-state index in [1.807, 2.05) is 36.4 Å². The molecule has 0 atom stereocenters. The van der Waals surface area contributed by atoms with E-state index in [0.29, 0.717) is 24.3 Å². The van der Waals surface area contributed by atoms with Gasteiger partial charge in [-0.2, -0.15) is 39.5 Å². The van der Waals surface area contributed by atoms with Crippen molar-refractivity contribution in [3.63, 3.8) is 0 Å². The van der Waals surface area contributed by atoms with Crippen LogP contribution in [0.15, 0.2) is 225 Å². The summed E-state index contributed by atoms with van der Waals surface area (Å²) < 4.78 is 208. The van der Waals surface area contributed by atoms with Crippen LogP contribution in [0.2, 0.25) is 0 Å². The standard InChI is InChI=1S/C28H22F3NO2S.C13H8F4O2S.C7H4ClF3O2S.C6H5F/c1-27(2)23-7-3-5-9-25(23)32(26-10-6-4-8-24(26)27)20-13-17-22(18-14-20)35(33,34)21-15-11-19(12-16-21)28(29,30)31;14-10-3-7-12(8-4-10)20(18,19)11-5-1-9(2-6-11)13(15,16)17;8-14(12,13)6-3-1-5(2-4-6)7(9,10)11;7-6-4-2-1-3-5-6/h3-18H,1-2H3;1-8H;1-4H;1-5H. The summed E-state index contributed by atoms with van der Waals surface area (Å²) in [5, 5.41) is 0. The molecular formula is C54H39ClF11NO6S3. The zero-order valence-corrected chi connectivity index (χ0v) is 42.4. The molecule has 0 radical (unpaired) electrons. The molecule has 76 heavy (non-hydrogen) atoms. The first-order chi connectivity index (χ1) is 35.3. The quantitative estimate of drug-likeness (QED) is 0.0927. The Kier molecular flexibility index (Phi) is 17.3. The minimum absolute atomic E-state index is 0.0138. The summed E-state index contributed by atoms with van der Waals surface area (Å²) in [5.74, 6) is -0.779. The van der Waals surface area contributed by atoms with Gasteiger partial charge in [0, 0.05) is 21.8 Å². The van der Waals surface area contributed by atoms with Gasteiger partial charge in [0.1, 0.15) is 11.6 Å². The van der Waals surface area contributed by atoms with E-state index < -0.39 is 69.8 Å². The maximum Gasteiger partial charge on any atom is 0.416 e. The van der Waals surface area contributed by atoms with Crippen LogP contribution in [0.1, 0.15) is 41.7 Å². The fourth-order valence-electron chi connectivity index (χ4n) is 7.47. The minimum atomic E-state index is -4.53. The van der Waals surface area contributed by atoms with E-state index in [1.54, 1.807) is 30.3 Å². The summed E-state index contributed by atoms with van der Waals surface area (Å²) in [6.07, 6.45) is -13.5. The molecule has 0 saturated heterocycles. The van der Waals surface area contributed by atoms with E-state index in [4.69, 9.17) is 10.7 Å². The Balaban J connectivity index is 0.000000191. The van der Waals surface area contributed by atoms with Crippen molar-refractivity contribution in [2.45, 2.75) is 62.3 Å². The molecule has 7 nitrogen and oxygen atoms in total. The van der Waals surface area contributed by atoms with Crippen molar-refractivity contribution < 1.29 is 73.5 Å². The number of para-hydroxylation sites is 2. The maximum atomic E-state index is 13.1. The van der Waals surface area contributed by atoms with Gasteiger partial charge in [-0.25, -0.2) is 34.0 Å². The van der Waals surface area contributed by atoms with Crippen LogP contribution in [0.4, 0.5) is 65.4 Å². The Morgan fingerprint density at radius 1 is 0.368 bits per heavy atom. The number of halogens is 12. The van der Waals surface area contributed by atoms with Gasteiger partial charge in [0.2, 0.25) is 19.7 Å². The third kappa shape index (κ3) is 13.9. The Morgan fingerprint density at radius 2 is 0.645 bits per heavy atom. The van der Waals surface area contributed by atoms with E-state index in [-0.39, 0.29) is 35.7 Å². The SMILES string of the molecule is CC1(C)c2ccccc2N(c2ccc(S(=O)(=O)c3ccc(C(F)(F)F)cc3)cc2)c2ccccc21.Fc1ccccc1.O=S(=O)(Cl)c1ccc(C(F)(F)F)cc1.O=S(=O)(c1ccc(F)cc1)c1ccc(C(F)(F)F)cc1. The minimum Gasteiger partial charge on any atom is -0.310 e. The van der Waals surface area contributed by atoms with Gasteiger partial charge >= 0.3 is 18.5 Å². The number of nitrogens with zero attached hydrogens (tertiary/aromatic N) is 1. The van der Waals surface area contributed by atoms with E-state index in [1.165, 1.54) is 24.3 Å². The van der Waals surface area contributed by atoms with Gasteiger partial charge in [-0.1, -0.05) is 68.4 Å². The molecule has 0 saturated carbocycles. The van der Waals surface area contributed by atoms with Crippen molar-refractivity contribution in [2.24, 2.45) is 0 Å². The van der Waals surface area contributed by atoms with Crippen molar-refractivity contribution in [1.29, 1.82) is 0 Å². The second-order valence-electron chi connectivity index (χ2n) is 16.7. The molecule has 1 aliphatic heterocycles. The number of anilines is 3. The van der Waals surface area contributed by atoms with Gasteiger partial charge in [-0.05, 0) is 157 Å². The fraction of sp³-hybridized carbons (Fsp3) is 0.111. The van der Waals surface area contributed by atoms with Crippen LogP contribution in [0, 0.1) is 11.6 Å². The van der Waals surface area contributed by atoms with Crippen LogP contribution in [0.5, 0.6) is 0 Å². The number of hydrogen-bond acceptors (Lipinski definition) is 7. The van der Waals surface area contributed by atoms with Crippen LogP contribution in [-0.2, 0) is 52.7 Å². The van der Waals surface area contributed by atoms with E-state index in [9.17, 15) is 73.5 Å². The first-order valence-electron chi connectivity index (χ1n) is 21.8. The molecule has 0 aromatic heterocycles. The summed E-state index contributed by atoms with van der Waals surface area (Å²) >= 11 is 0. The summed E-state index contributed by atoms with van der Waals surface area (Å²) in [7, 11) is -6.97. The van der Waals surface area contributed by atoms with Crippen molar-refractivity contribution in [3.8, 4) is 0 Å². The van der Waals surface area contributed by atoms with Gasteiger partial charge in [-0.3, -0.25) is 0 Å². The van der Waals surface area contributed by atoms with Crippen LogP contribution in [0.25, 0.3) is 0 Å². The predicted octanol–water partition coefficient (Wildman–Crippen LogP) is 15.8. The van der Waals surface area contributed by atoms with Gasteiger partial charge in [0.15, 0.2) is 0 Å². The number of benzene rings is 8. The molecule has 0 aliphatic carbocycles. The topological polar surface area (TPSA) is 106 Å². The predicted molar refractivity (Wildman–Crippen MR) is 264 cm³/mol. The smallest absolute Gasteiger partial charge is 0.310 e. The molecule has 0 N–H and O–H groups in total. The van der Waals surface area contributed by atoms with Gasteiger partial charge in [-0.15, -0.1) is 0 Å². The maximum absolute atomic E-state index is 13.1.